The smallest absolute Gasteiger partial charge is 0.278 e. The van der Waals surface area contributed by atoms with Crippen molar-refractivity contribution < 1.29 is 4.79 Å². The summed E-state index contributed by atoms with van der Waals surface area (Å²) in [6.07, 6.45) is 1.13. The summed E-state index contributed by atoms with van der Waals surface area (Å²) >= 11 is 6.28. The molecular weight excluding hydrogens is 346 g/mol. The molecule has 1 rings (SSSR count). The maximum atomic E-state index is 11.9. The second kappa shape index (κ2) is 4.64. The molecule has 0 atom stereocenters. The normalized spacial score (nSPS) is 11.8. The highest BCUT2D eigenvalue weighted by molar-refractivity contribution is 9.25. The van der Waals surface area contributed by atoms with Crippen molar-refractivity contribution >= 4 is 37.8 Å². The van der Waals surface area contributed by atoms with Gasteiger partial charge in [0.05, 0.1) is 0 Å². The highest BCUT2D eigenvalue weighted by Gasteiger charge is 2.36. The number of carbonyl (C=O) groups excluding carboxylic acids is 1. The average Bonchev–Trinajstić information content (AvgIpc) is 2.16. The zero-order chi connectivity index (χ0) is 12.5. The van der Waals surface area contributed by atoms with E-state index in [-0.39, 0.29) is 0 Å². The van der Waals surface area contributed by atoms with Crippen LogP contribution in [0.4, 0.5) is 0 Å². The van der Waals surface area contributed by atoms with Gasteiger partial charge < -0.3 is 0 Å². The number of aromatic amines is 1. The van der Waals surface area contributed by atoms with Gasteiger partial charge in [0.1, 0.15) is 0 Å². The quantitative estimate of drug-likeness (QED) is 0.607. The van der Waals surface area contributed by atoms with Gasteiger partial charge in [-0.25, -0.2) is 9.36 Å². The van der Waals surface area contributed by atoms with Crippen LogP contribution in [-0.2, 0) is 0 Å². The molecule has 0 aliphatic carbocycles. The Morgan fingerprint density at radius 2 is 2.00 bits per heavy atom. The second-order valence-corrected chi connectivity index (χ2v) is 6.58. The molecule has 0 bridgehead atoms. The molecule has 1 heterocycles. The van der Waals surface area contributed by atoms with Gasteiger partial charge in [-0.05, 0) is 46.0 Å². The van der Waals surface area contributed by atoms with E-state index in [9.17, 15) is 14.4 Å². The predicted octanol–water partition coefficient (Wildman–Crippen LogP) is 0.182. The molecule has 16 heavy (non-hydrogen) atoms. The van der Waals surface area contributed by atoms with Crippen LogP contribution in [0, 0.1) is 0 Å². The lowest BCUT2D eigenvalue weighted by Gasteiger charge is -2.26. The van der Waals surface area contributed by atoms with Gasteiger partial charge in [0.15, 0.2) is 0 Å². The Hall–Kier alpha value is -0.730. The average molecular weight is 355 g/mol. The molecule has 0 aliphatic rings. The summed E-state index contributed by atoms with van der Waals surface area (Å²) in [4.78, 5) is 37.7. The topological polar surface area (TPSA) is 75.2 Å². The summed E-state index contributed by atoms with van der Waals surface area (Å²) < 4.78 is -0.382. The van der Waals surface area contributed by atoms with E-state index in [1.165, 1.54) is 4.90 Å². The highest BCUT2D eigenvalue weighted by Crippen LogP contribution is 2.29. The van der Waals surface area contributed by atoms with Gasteiger partial charge in [-0.2, -0.15) is 0 Å². The zero-order valence-corrected chi connectivity index (χ0v) is 11.7. The lowest BCUT2D eigenvalue weighted by atomic mass is 10.5. The van der Waals surface area contributed by atoms with E-state index in [0.29, 0.717) is 0 Å². The van der Waals surface area contributed by atoms with Gasteiger partial charge in [-0.1, -0.05) is 0 Å². The summed E-state index contributed by atoms with van der Waals surface area (Å²) in [6, 6.07) is 1.10. The standard InChI is InChI=1S/C8H9Br2N3O3/c1-12(2)8(9,10)6(15)13-4-3-5(14)11-7(13)16/h3-4H,1-2H3,(H,11,14,16). The van der Waals surface area contributed by atoms with Crippen LogP contribution in [0.5, 0.6) is 0 Å². The van der Waals surface area contributed by atoms with E-state index >= 15 is 0 Å². The molecule has 0 aliphatic heterocycles. The number of hydrogen-bond acceptors (Lipinski definition) is 4. The van der Waals surface area contributed by atoms with E-state index in [1.54, 1.807) is 14.1 Å². The van der Waals surface area contributed by atoms with Crippen molar-refractivity contribution in [2.24, 2.45) is 0 Å². The van der Waals surface area contributed by atoms with E-state index in [0.717, 1.165) is 16.8 Å². The Morgan fingerprint density at radius 1 is 1.44 bits per heavy atom. The Bertz CT molecular complexity index is 518. The van der Waals surface area contributed by atoms with Gasteiger partial charge in [-0.15, -0.1) is 0 Å². The Kier molecular flexibility index (Phi) is 3.87. The number of carbonyl (C=O) groups is 1. The van der Waals surface area contributed by atoms with Gasteiger partial charge in [0, 0.05) is 12.3 Å². The SMILES string of the molecule is CN(C)C(Br)(Br)C(=O)n1ccc(=O)[nH]c1=O. The van der Waals surface area contributed by atoms with E-state index in [2.05, 4.69) is 31.9 Å². The van der Waals surface area contributed by atoms with Crippen molar-refractivity contribution in [1.29, 1.82) is 0 Å². The fraction of sp³-hybridized carbons (Fsp3) is 0.375. The lowest BCUT2D eigenvalue weighted by Crippen LogP contribution is -2.47. The molecule has 6 nitrogen and oxygen atoms in total. The van der Waals surface area contributed by atoms with Gasteiger partial charge in [0.2, 0.25) is 3.36 Å². The summed E-state index contributed by atoms with van der Waals surface area (Å²) in [5.74, 6) is -0.557. The predicted molar refractivity (Wildman–Crippen MR) is 66.2 cm³/mol. The number of nitrogens with zero attached hydrogens (tertiary/aromatic N) is 2. The fourth-order valence-corrected chi connectivity index (χ4v) is 1.30. The Balaban J connectivity index is 3.26. The first-order valence-electron chi connectivity index (χ1n) is 4.19. The number of aromatic nitrogens is 2. The first-order chi connectivity index (χ1) is 7.26. The van der Waals surface area contributed by atoms with Crippen LogP contribution in [0.1, 0.15) is 4.79 Å². The van der Waals surface area contributed by atoms with Crippen LogP contribution in [0.2, 0.25) is 0 Å². The van der Waals surface area contributed by atoms with Crippen molar-refractivity contribution in [1.82, 2.24) is 14.5 Å². The molecule has 88 valence electrons. The third kappa shape index (κ3) is 2.50. The molecule has 1 aromatic heterocycles. The summed E-state index contributed by atoms with van der Waals surface area (Å²) in [6.45, 7) is 0. The first kappa shape index (κ1) is 13.3. The van der Waals surface area contributed by atoms with Crippen LogP contribution in [-0.4, -0.2) is 37.8 Å². The largest absolute Gasteiger partial charge is 0.335 e. The van der Waals surface area contributed by atoms with Gasteiger partial charge in [-0.3, -0.25) is 19.5 Å². The lowest BCUT2D eigenvalue weighted by molar-refractivity contribution is 0.0834. The van der Waals surface area contributed by atoms with Crippen LogP contribution >= 0.6 is 31.9 Å². The van der Waals surface area contributed by atoms with E-state index < -0.39 is 20.5 Å². The Morgan fingerprint density at radius 3 is 2.44 bits per heavy atom. The molecule has 0 radical (unpaired) electrons. The van der Waals surface area contributed by atoms with Gasteiger partial charge in [0.25, 0.3) is 11.5 Å². The molecule has 0 amide bonds. The zero-order valence-electron chi connectivity index (χ0n) is 8.53. The minimum Gasteiger partial charge on any atom is -0.278 e. The van der Waals surface area contributed by atoms with Crippen LogP contribution in [0.15, 0.2) is 21.9 Å². The van der Waals surface area contributed by atoms with Crippen LogP contribution in [0.3, 0.4) is 0 Å². The molecule has 0 unspecified atom stereocenters. The maximum absolute atomic E-state index is 11.9. The summed E-state index contributed by atoms with van der Waals surface area (Å²) in [7, 11) is 3.30. The number of H-pyrrole nitrogens is 1. The number of likely N-dealkylation sites (N-methyl/N-ethyl adjacent to an activating group) is 1. The number of halogens is 2. The summed E-state index contributed by atoms with van der Waals surface area (Å²) in [5.41, 5.74) is -1.32. The third-order valence-electron chi connectivity index (χ3n) is 1.86. The number of alkyl halides is 2. The van der Waals surface area contributed by atoms with Crippen LogP contribution in [0.25, 0.3) is 0 Å². The minimum absolute atomic E-state index is 0.548. The highest BCUT2D eigenvalue weighted by atomic mass is 79.9. The molecule has 1 N–H and O–H groups in total. The van der Waals surface area contributed by atoms with E-state index in [1.807, 2.05) is 4.98 Å². The van der Waals surface area contributed by atoms with Crippen molar-refractivity contribution in [3.8, 4) is 0 Å². The molecule has 0 spiro atoms. The number of hydrogen-bond donors (Lipinski definition) is 1. The van der Waals surface area contributed by atoms with Gasteiger partial charge >= 0.3 is 5.69 Å². The van der Waals surface area contributed by atoms with Crippen molar-refractivity contribution in [3.63, 3.8) is 0 Å². The molecule has 0 aromatic carbocycles. The van der Waals surface area contributed by atoms with Crippen LogP contribution < -0.4 is 11.2 Å². The number of rotatable bonds is 2. The third-order valence-corrected chi connectivity index (χ3v) is 3.96. The molecule has 1 aromatic rings. The summed E-state index contributed by atoms with van der Waals surface area (Å²) in [5, 5.41) is 0. The van der Waals surface area contributed by atoms with Crippen molar-refractivity contribution in [3.05, 3.63) is 33.1 Å². The monoisotopic (exact) mass is 353 g/mol. The van der Waals surface area contributed by atoms with Crippen molar-refractivity contribution in [2.75, 3.05) is 14.1 Å². The van der Waals surface area contributed by atoms with Crippen molar-refractivity contribution in [2.45, 2.75) is 3.36 Å². The van der Waals surface area contributed by atoms with E-state index in [4.69, 9.17) is 0 Å². The fourth-order valence-electron chi connectivity index (χ4n) is 0.913. The minimum atomic E-state index is -1.19. The molecule has 0 saturated carbocycles. The second-order valence-electron chi connectivity index (χ2n) is 3.22. The Labute approximate surface area is 108 Å². The first-order valence-corrected chi connectivity index (χ1v) is 5.77. The maximum Gasteiger partial charge on any atom is 0.335 e. The molecule has 0 saturated heterocycles. The molecule has 8 heteroatoms. The molecular formula is C8H9Br2N3O3. The number of nitrogens with one attached hydrogen (secondary N) is 1. The molecule has 0 fully saturated rings.